The van der Waals surface area contributed by atoms with Crippen molar-refractivity contribution in [2.45, 2.75) is 32.4 Å². The maximum atomic E-state index is 13.0. The van der Waals surface area contributed by atoms with Crippen molar-refractivity contribution in [1.29, 1.82) is 0 Å². The lowest BCUT2D eigenvalue weighted by Crippen LogP contribution is -2.46. The molecule has 0 bridgehead atoms. The van der Waals surface area contributed by atoms with Crippen LogP contribution in [0, 0.1) is 5.82 Å². The van der Waals surface area contributed by atoms with Gasteiger partial charge in [0.1, 0.15) is 12.1 Å². The SMILES string of the molecule is CCN(CC(=O)O)C1CCN(Cc2coc(-c3ccc(F)cc3)n2)CC1. The number of nitrogens with zero attached hydrogens (tertiary/aromatic N) is 3. The summed E-state index contributed by atoms with van der Waals surface area (Å²) < 4.78 is 18.5. The lowest BCUT2D eigenvalue weighted by atomic mass is 10.0. The van der Waals surface area contributed by atoms with Crippen molar-refractivity contribution in [3.8, 4) is 11.5 Å². The number of benzene rings is 1. The van der Waals surface area contributed by atoms with E-state index < -0.39 is 5.97 Å². The number of aliphatic carboxylic acids is 1. The zero-order valence-corrected chi connectivity index (χ0v) is 14.9. The molecule has 26 heavy (non-hydrogen) atoms. The van der Waals surface area contributed by atoms with Crippen LogP contribution in [-0.2, 0) is 11.3 Å². The number of hydrogen-bond donors (Lipinski definition) is 1. The van der Waals surface area contributed by atoms with Crippen molar-refractivity contribution in [1.82, 2.24) is 14.8 Å². The van der Waals surface area contributed by atoms with Gasteiger partial charge in [0.05, 0.1) is 12.2 Å². The number of likely N-dealkylation sites (N-methyl/N-ethyl adjacent to an activating group) is 1. The van der Waals surface area contributed by atoms with Crippen LogP contribution in [0.1, 0.15) is 25.5 Å². The third-order valence-corrected chi connectivity index (χ3v) is 4.85. The summed E-state index contributed by atoms with van der Waals surface area (Å²) >= 11 is 0. The molecule has 6 nitrogen and oxygen atoms in total. The Hall–Kier alpha value is -2.25. The number of likely N-dealkylation sites (tertiary alicyclic amines) is 1. The Morgan fingerprint density at radius 2 is 2.04 bits per heavy atom. The van der Waals surface area contributed by atoms with Crippen LogP contribution in [0.15, 0.2) is 34.9 Å². The molecule has 0 amide bonds. The Morgan fingerprint density at radius 3 is 2.65 bits per heavy atom. The van der Waals surface area contributed by atoms with Crippen molar-refractivity contribution in [3.63, 3.8) is 0 Å². The van der Waals surface area contributed by atoms with E-state index in [1.807, 2.05) is 11.8 Å². The summed E-state index contributed by atoms with van der Waals surface area (Å²) in [6.07, 6.45) is 3.54. The summed E-state index contributed by atoms with van der Waals surface area (Å²) in [4.78, 5) is 19.8. The van der Waals surface area contributed by atoms with Crippen molar-refractivity contribution in [2.24, 2.45) is 0 Å². The Labute approximate surface area is 152 Å². The van der Waals surface area contributed by atoms with Crippen LogP contribution in [0.5, 0.6) is 0 Å². The number of piperidine rings is 1. The fourth-order valence-electron chi connectivity index (χ4n) is 3.45. The van der Waals surface area contributed by atoms with Crippen LogP contribution < -0.4 is 0 Å². The summed E-state index contributed by atoms with van der Waals surface area (Å²) in [6, 6.07) is 6.40. The smallest absolute Gasteiger partial charge is 0.317 e. The molecule has 2 aromatic rings. The van der Waals surface area contributed by atoms with E-state index in [1.54, 1.807) is 18.4 Å². The summed E-state index contributed by atoms with van der Waals surface area (Å²) in [5.41, 5.74) is 1.60. The highest BCUT2D eigenvalue weighted by Gasteiger charge is 2.25. The molecule has 0 radical (unpaired) electrons. The summed E-state index contributed by atoms with van der Waals surface area (Å²) in [5.74, 6) is -0.564. The highest BCUT2D eigenvalue weighted by Crippen LogP contribution is 2.22. The van der Waals surface area contributed by atoms with E-state index in [0.29, 0.717) is 18.5 Å². The largest absolute Gasteiger partial charge is 0.480 e. The fourth-order valence-corrected chi connectivity index (χ4v) is 3.45. The Morgan fingerprint density at radius 1 is 1.35 bits per heavy atom. The fraction of sp³-hybridized carbons (Fsp3) is 0.474. The molecular weight excluding hydrogens is 337 g/mol. The normalized spacial score (nSPS) is 16.3. The number of carboxylic acid groups (broad SMARTS) is 1. The van der Waals surface area contributed by atoms with Gasteiger partial charge < -0.3 is 9.52 Å². The molecule has 0 spiro atoms. The van der Waals surface area contributed by atoms with Gasteiger partial charge in [0.15, 0.2) is 0 Å². The van der Waals surface area contributed by atoms with Crippen LogP contribution in [0.4, 0.5) is 4.39 Å². The zero-order chi connectivity index (χ0) is 18.5. The second kappa shape index (κ2) is 8.42. The maximum Gasteiger partial charge on any atom is 0.317 e. The quantitative estimate of drug-likeness (QED) is 0.818. The van der Waals surface area contributed by atoms with Crippen LogP contribution in [0.2, 0.25) is 0 Å². The van der Waals surface area contributed by atoms with Crippen LogP contribution in [0.3, 0.4) is 0 Å². The van der Waals surface area contributed by atoms with Gasteiger partial charge in [0.2, 0.25) is 5.89 Å². The minimum atomic E-state index is -0.773. The lowest BCUT2D eigenvalue weighted by molar-refractivity contribution is -0.139. The second-order valence-corrected chi connectivity index (χ2v) is 6.62. The van der Waals surface area contributed by atoms with Gasteiger partial charge in [-0.15, -0.1) is 0 Å². The highest BCUT2D eigenvalue weighted by molar-refractivity contribution is 5.69. The van der Waals surface area contributed by atoms with Crippen molar-refractivity contribution < 1.29 is 18.7 Å². The molecule has 1 fully saturated rings. The molecule has 3 rings (SSSR count). The molecule has 2 heterocycles. The summed E-state index contributed by atoms with van der Waals surface area (Å²) in [5, 5.41) is 9.01. The van der Waals surface area contributed by atoms with E-state index in [9.17, 15) is 9.18 Å². The highest BCUT2D eigenvalue weighted by atomic mass is 19.1. The number of hydrogen-bond acceptors (Lipinski definition) is 5. The average molecular weight is 361 g/mol. The maximum absolute atomic E-state index is 13.0. The first kappa shape index (κ1) is 18.5. The average Bonchev–Trinajstić information content (AvgIpc) is 3.09. The van der Waals surface area contributed by atoms with Crippen LogP contribution >= 0.6 is 0 Å². The first-order chi connectivity index (χ1) is 12.5. The van der Waals surface area contributed by atoms with Gasteiger partial charge in [-0.1, -0.05) is 6.92 Å². The molecule has 1 aromatic heterocycles. The molecule has 1 aliphatic rings. The zero-order valence-electron chi connectivity index (χ0n) is 14.9. The van der Waals surface area contributed by atoms with Gasteiger partial charge in [-0.2, -0.15) is 0 Å². The van der Waals surface area contributed by atoms with Gasteiger partial charge in [0.25, 0.3) is 0 Å². The van der Waals surface area contributed by atoms with Crippen molar-refractivity contribution >= 4 is 5.97 Å². The molecule has 1 saturated heterocycles. The minimum Gasteiger partial charge on any atom is -0.480 e. The Balaban J connectivity index is 1.53. The molecule has 0 aliphatic carbocycles. The third kappa shape index (κ3) is 4.68. The summed E-state index contributed by atoms with van der Waals surface area (Å²) in [6.45, 7) is 5.36. The van der Waals surface area contributed by atoms with E-state index >= 15 is 0 Å². The molecule has 1 N–H and O–H groups in total. The predicted octanol–water partition coefficient (Wildman–Crippen LogP) is 2.85. The first-order valence-corrected chi connectivity index (χ1v) is 8.93. The molecule has 140 valence electrons. The number of carbonyl (C=O) groups is 1. The van der Waals surface area contributed by atoms with Gasteiger partial charge in [0, 0.05) is 31.2 Å². The van der Waals surface area contributed by atoms with Gasteiger partial charge in [-0.3, -0.25) is 14.6 Å². The van der Waals surface area contributed by atoms with Gasteiger partial charge >= 0.3 is 5.97 Å². The molecule has 0 saturated carbocycles. The van der Waals surface area contributed by atoms with Crippen molar-refractivity contribution in [2.75, 3.05) is 26.2 Å². The molecule has 7 heteroatoms. The van der Waals surface area contributed by atoms with E-state index in [0.717, 1.165) is 43.7 Å². The number of rotatable bonds is 7. The summed E-state index contributed by atoms with van der Waals surface area (Å²) in [7, 11) is 0. The number of oxazole rings is 1. The number of carboxylic acids is 1. The van der Waals surface area contributed by atoms with Gasteiger partial charge in [-0.25, -0.2) is 9.37 Å². The predicted molar refractivity (Wildman–Crippen MR) is 95.1 cm³/mol. The minimum absolute atomic E-state index is 0.103. The molecule has 1 aromatic carbocycles. The van der Waals surface area contributed by atoms with E-state index in [1.165, 1.54) is 12.1 Å². The molecule has 0 atom stereocenters. The third-order valence-electron chi connectivity index (χ3n) is 4.85. The molecular formula is C19H24FN3O3. The number of halogens is 1. The van der Waals surface area contributed by atoms with Crippen molar-refractivity contribution in [3.05, 3.63) is 42.0 Å². The Kier molecular flexibility index (Phi) is 6.00. The molecule has 1 aliphatic heterocycles. The van der Waals surface area contributed by atoms with Gasteiger partial charge in [-0.05, 0) is 43.7 Å². The standard InChI is InChI=1S/C19H24FN3O3/c1-2-23(12-18(24)25)17-7-9-22(10-8-17)11-16-13-26-19(21-16)14-3-5-15(20)6-4-14/h3-6,13,17H,2,7-12H2,1H3,(H,24,25). The number of aromatic nitrogens is 1. The Bertz CT molecular complexity index is 724. The van der Waals surface area contributed by atoms with E-state index in [-0.39, 0.29) is 12.4 Å². The van der Waals surface area contributed by atoms with Crippen LogP contribution in [0.25, 0.3) is 11.5 Å². The second-order valence-electron chi connectivity index (χ2n) is 6.62. The lowest BCUT2D eigenvalue weighted by Gasteiger charge is -2.37. The van der Waals surface area contributed by atoms with E-state index in [4.69, 9.17) is 9.52 Å². The van der Waals surface area contributed by atoms with Crippen LogP contribution in [-0.4, -0.2) is 58.1 Å². The van der Waals surface area contributed by atoms with E-state index in [2.05, 4.69) is 9.88 Å². The molecule has 0 unspecified atom stereocenters. The first-order valence-electron chi connectivity index (χ1n) is 8.93. The monoisotopic (exact) mass is 361 g/mol. The topological polar surface area (TPSA) is 69.8 Å².